The lowest BCUT2D eigenvalue weighted by Crippen LogP contribution is -2.30. The monoisotopic (exact) mass is 925 g/mol. The Morgan fingerprint density at radius 3 is 1.04 bits per heavy atom. The molecule has 0 aromatic rings. The van der Waals surface area contributed by atoms with Gasteiger partial charge in [0.1, 0.15) is 13.2 Å². The van der Waals surface area contributed by atoms with Crippen molar-refractivity contribution in [2.45, 2.75) is 219 Å². The molecular weight excluding hydrogens is 829 g/mol. The summed E-state index contributed by atoms with van der Waals surface area (Å²) in [5, 5.41) is 0. The first-order valence-electron chi connectivity index (χ1n) is 26.7. The number of ether oxygens (including phenoxy) is 3. The maximum atomic E-state index is 12.8. The number of rotatable bonds is 46. The summed E-state index contributed by atoms with van der Waals surface area (Å²) >= 11 is 0. The van der Waals surface area contributed by atoms with Crippen molar-refractivity contribution in [2.24, 2.45) is 0 Å². The molecule has 0 amide bonds. The number of hydrogen-bond acceptors (Lipinski definition) is 6. The molecule has 0 N–H and O–H groups in total. The lowest BCUT2D eigenvalue weighted by molar-refractivity contribution is -0.166. The Morgan fingerprint density at radius 2 is 0.627 bits per heavy atom. The van der Waals surface area contributed by atoms with Gasteiger partial charge in [0.25, 0.3) is 0 Å². The van der Waals surface area contributed by atoms with Gasteiger partial charge >= 0.3 is 17.9 Å². The van der Waals surface area contributed by atoms with Crippen LogP contribution in [0, 0.1) is 0 Å². The first-order chi connectivity index (χ1) is 33.0. The van der Waals surface area contributed by atoms with E-state index in [9.17, 15) is 14.4 Å². The molecule has 0 heterocycles. The quantitative estimate of drug-likeness (QED) is 0.0262. The van der Waals surface area contributed by atoms with E-state index in [-0.39, 0.29) is 38.0 Å². The van der Waals surface area contributed by atoms with E-state index < -0.39 is 12.1 Å². The number of carbonyl (C=O) groups is 3. The van der Waals surface area contributed by atoms with Crippen LogP contribution in [0.15, 0.2) is 134 Å². The Balaban J connectivity index is 4.62. The third-order valence-corrected chi connectivity index (χ3v) is 10.6. The van der Waals surface area contributed by atoms with E-state index in [1.165, 1.54) is 57.8 Å². The van der Waals surface area contributed by atoms with E-state index in [4.69, 9.17) is 14.2 Å². The molecule has 0 radical (unpaired) electrons. The molecule has 0 aromatic carbocycles. The number of esters is 3. The topological polar surface area (TPSA) is 78.9 Å². The van der Waals surface area contributed by atoms with Crippen LogP contribution in [0.3, 0.4) is 0 Å². The molecule has 6 nitrogen and oxygen atoms in total. The van der Waals surface area contributed by atoms with Gasteiger partial charge in [0.2, 0.25) is 0 Å². The van der Waals surface area contributed by atoms with Crippen molar-refractivity contribution >= 4 is 17.9 Å². The van der Waals surface area contributed by atoms with E-state index in [1.54, 1.807) is 0 Å². The Labute approximate surface area is 411 Å². The minimum Gasteiger partial charge on any atom is -0.462 e. The third-order valence-electron chi connectivity index (χ3n) is 10.6. The van der Waals surface area contributed by atoms with Gasteiger partial charge in [0.05, 0.1) is 0 Å². The van der Waals surface area contributed by atoms with E-state index in [0.717, 1.165) is 103 Å². The average Bonchev–Trinajstić information content (AvgIpc) is 3.33. The van der Waals surface area contributed by atoms with Gasteiger partial charge in [-0.05, 0) is 116 Å². The number of carbonyl (C=O) groups excluding carboxylic acids is 3. The number of unbranched alkanes of at least 4 members (excludes halogenated alkanes) is 13. The summed E-state index contributed by atoms with van der Waals surface area (Å²) < 4.78 is 16.7. The first-order valence-corrected chi connectivity index (χ1v) is 26.7. The van der Waals surface area contributed by atoms with Crippen molar-refractivity contribution in [3.8, 4) is 0 Å². The van der Waals surface area contributed by atoms with E-state index in [1.807, 2.05) is 12.2 Å². The summed E-state index contributed by atoms with van der Waals surface area (Å²) in [6.07, 6.45) is 76.0. The van der Waals surface area contributed by atoms with Gasteiger partial charge < -0.3 is 14.2 Å². The van der Waals surface area contributed by atoms with Crippen LogP contribution < -0.4 is 0 Å². The van der Waals surface area contributed by atoms with Gasteiger partial charge in [-0.1, -0.05) is 212 Å². The molecule has 376 valence electrons. The van der Waals surface area contributed by atoms with Crippen LogP contribution in [0.25, 0.3) is 0 Å². The molecule has 0 aliphatic rings. The van der Waals surface area contributed by atoms with E-state index in [0.29, 0.717) is 19.3 Å². The Hall–Kier alpha value is -4.45. The predicted octanol–water partition coefficient (Wildman–Crippen LogP) is 17.9. The molecule has 0 saturated heterocycles. The second kappa shape index (κ2) is 54.2. The molecule has 0 aromatic heterocycles. The standard InChI is InChI=1S/C61H96O6/c1-4-7-10-13-16-19-22-25-28-31-34-36-39-42-45-48-51-54-60(63)66-57-58(67-61(64)55-52-49-46-43-40-37-33-30-27-24-21-18-15-12-9-6-3)56-65-59(62)53-50-47-44-41-38-35-32-29-26-23-20-17-14-11-8-5-2/h7,9-10,12,16,18-19,21,25,27-30,32,34,36-37,40,42,45-46,49,58H,4-6,8,11,13-15,17,20,22-24,26,31,33,35,38-39,41,43-44,47-48,50-57H2,1-3H3/b10-7-,12-9-,19-16-,21-18-,28-25-,30-27-,32-29-,36-34-,40-37-,45-42-,49-46-. The number of allylic oxidation sites excluding steroid dienone is 22. The van der Waals surface area contributed by atoms with Gasteiger partial charge in [-0.3, -0.25) is 14.4 Å². The SMILES string of the molecule is CC/C=C\C/C=C\C/C=C\C/C=C\C/C=C\CCCC(=O)OCC(COC(=O)CCCCCCC/C=C\CCCCCCCCC)OC(=O)CC/C=C\C/C=C\C/C=C\C/C=C\C/C=C\CC. The molecule has 0 spiro atoms. The zero-order chi connectivity index (χ0) is 48.6. The Morgan fingerprint density at radius 1 is 0.313 bits per heavy atom. The fraction of sp³-hybridized carbons (Fsp3) is 0.590. The molecule has 6 heteroatoms. The van der Waals surface area contributed by atoms with Crippen LogP contribution in [0.1, 0.15) is 213 Å². The summed E-state index contributed by atoms with van der Waals surface area (Å²) in [6.45, 7) is 6.27. The molecule has 0 aliphatic carbocycles. The predicted molar refractivity (Wildman–Crippen MR) is 288 cm³/mol. The minimum atomic E-state index is -0.849. The van der Waals surface area contributed by atoms with Gasteiger partial charge in [-0.2, -0.15) is 0 Å². The number of hydrogen-bond donors (Lipinski definition) is 0. The fourth-order valence-electron chi connectivity index (χ4n) is 6.70. The highest BCUT2D eigenvalue weighted by molar-refractivity contribution is 5.71. The van der Waals surface area contributed by atoms with Gasteiger partial charge in [0.15, 0.2) is 6.10 Å². The lowest BCUT2D eigenvalue weighted by atomic mass is 10.1. The molecular formula is C61H96O6. The summed E-state index contributed by atoms with van der Waals surface area (Å²) in [5.41, 5.74) is 0. The van der Waals surface area contributed by atoms with Gasteiger partial charge in [0, 0.05) is 19.3 Å². The maximum Gasteiger partial charge on any atom is 0.306 e. The summed E-state index contributed by atoms with van der Waals surface area (Å²) in [7, 11) is 0. The molecule has 1 unspecified atom stereocenters. The Bertz CT molecular complexity index is 1480. The van der Waals surface area contributed by atoms with Crippen molar-refractivity contribution in [2.75, 3.05) is 13.2 Å². The van der Waals surface area contributed by atoms with E-state index >= 15 is 0 Å². The summed E-state index contributed by atoms with van der Waals surface area (Å²) in [6, 6.07) is 0. The molecule has 0 fully saturated rings. The van der Waals surface area contributed by atoms with E-state index in [2.05, 4.69) is 142 Å². The highest BCUT2D eigenvalue weighted by Crippen LogP contribution is 2.12. The third kappa shape index (κ3) is 52.4. The normalized spacial score (nSPS) is 13.2. The van der Waals surface area contributed by atoms with Crippen LogP contribution in [0.4, 0.5) is 0 Å². The van der Waals surface area contributed by atoms with Crippen molar-refractivity contribution < 1.29 is 28.6 Å². The molecule has 0 bridgehead atoms. The largest absolute Gasteiger partial charge is 0.462 e. The highest BCUT2D eigenvalue weighted by Gasteiger charge is 2.19. The molecule has 67 heavy (non-hydrogen) atoms. The van der Waals surface area contributed by atoms with Crippen LogP contribution in [0.2, 0.25) is 0 Å². The van der Waals surface area contributed by atoms with Crippen LogP contribution in [-0.2, 0) is 28.6 Å². The zero-order valence-electron chi connectivity index (χ0n) is 42.9. The zero-order valence-corrected chi connectivity index (χ0v) is 42.9. The van der Waals surface area contributed by atoms with Crippen LogP contribution >= 0.6 is 0 Å². The molecule has 1 atom stereocenters. The highest BCUT2D eigenvalue weighted by atomic mass is 16.6. The summed E-state index contributed by atoms with van der Waals surface area (Å²) in [5.74, 6) is -1.09. The van der Waals surface area contributed by atoms with Crippen LogP contribution in [-0.4, -0.2) is 37.2 Å². The lowest BCUT2D eigenvalue weighted by Gasteiger charge is -2.18. The smallest absolute Gasteiger partial charge is 0.306 e. The fourth-order valence-corrected chi connectivity index (χ4v) is 6.70. The second-order valence-electron chi connectivity index (χ2n) is 17.0. The van der Waals surface area contributed by atoms with Crippen molar-refractivity contribution in [3.05, 3.63) is 134 Å². The molecule has 0 aliphatic heterocycles. The van der Waals surface area contributed by atoms with Crippen LogP contribution in [0.5, 0.6) is 0 Å². The van der Waals surface area contributed by atoms with Crippen molar-refractivity contribution in [1.82, 2.24) is 0 Å². The molecule has 0 saturated carbocycles. The van der Waals surface area contributed by atoms with Crippen molar-refractivity contribution in [3.63, 3.8) is 0 Å². The average molecular weight is 925 g/mol. The maximum absolute atomic E-state index is 12.8. The first kappa shape index (κ1) is 62.5. The van der Waals surface area contributed by atoms with Crippen molar-refractivity contribution in [1.29, 1.82) is 0 Å². The summed E-state index contributed by atoms with van der Waals surface area (Å²) in [4.78, 5) is 38.0. The Kier molecular flexibility index (Phi) is 50.6. The van der Waals surface area contributed by atoms with Gasteiger partial charge in [-0.25, -0.2) is 0 Å². The second-order valence-corrected chi connectivity index (χ2v) is 17.0. The minimum absolute atomic E-state index is 0.134. The van der Waals surface area contributed by atoms with Gasteiger partial charge in [-0.15, -0.1) is 0 Å². The molecule has 0 rings (SSSR count).